The normalized spacial score (nSPS) is 13.1. The average molecular weight is 255 g/mol. The molecule has 0 heterocycles. The molecule has 0 saturated carbocycles. The number of hydrogen-bond donors (Lipinski definition) is 1. The molecule has 1 aromatic rings. The number of sulfonamides is 1. The van der Waals surface area contributed by atoms with Crippen molar-refractivity contribution in [3.63, 3.8) is 0 Å². The molecule has 1 aromatic carbocycles. The minimum atomic E-state index is -3.39. The van der Waals surface area contributed by atoms with E-state index in [2.05, 4.69) is 25.5 Å². The first kappa shape index (κ1) is 14.2. The maximum absolute atomic E-state index is 12.0. The molecule has 0 spiro atoms. The van der Waals surface area contributed by atoms with E-state index in [0.717, 1.165) is 5.56 Å². The summed E-state index contributed by atoms with van der Waals surface area (Å²) in [4.78, 5) is 0.332. The number of nitrogens with one attached hydrogen (secondary N) is 1. The topological polar surface area (TPSA) is 46.2 Å². The lowest BCUT2D eigenvalue weighted by Crippen LogP contribution is -2.30. The Kier molecular flexibility index (Phi) is 3.99. The molecule has 0 aromatic heterocycles. The van der Waals surface area contributed by atoms with Crippen molar-refractivity contribution in [1.82, 2.24) is 4.72 Å². The van der Waals surface area contributed by atoms with Gasteiger partial charge in [-0.3, -0.25) is 0 Å². The van der Waals surface area contributed by atoms with E-state index in [-0.39, 0.29) is 11.5 Å². The molecule has 0 aliphatic carbocycles. The number of benzene rings is 1. The Labute approximate surface area is 104 Å². The maximum atomic E-state index is 12.0. The highest BCUT2D eigenvalue weighted by Gasteiger charge is 2.19. The highest BCUT2D eigenvalue weighted by atomic mass is 32.2. The Morgan fingerprint density at radius 3 is 2.24 bits per heavy atom. The van der Waals surface area contributed by atoms with Gasteiger partial charge in [-0.1, -0.05) is 32.9 Å². The summed E-state index contributed by atoms with van der Waals surface area (Å²) in [7, 11) is -3.39. The Hall–Kier alpha value is -0.870. The van der Waals surface area contributed by atoms with Crippen molar-refractivity contribution in [2.45, 2.75) is 51.0 Å². The quantitative estimate of drug-likeness (QED) is 0.902. The van der Waals surface area contributed by atoms with E-state index in [1.54, 1.807) is 18.2 Å². The summed E-state index contributed by atoms with van der Waals surface area (Å²) >= 11 is 0. The zero-order valence-electron chi connectivity index (χ0n) is 11.1. The highest BCUT2D eigenvalue weighted by Crippen LogP contribution is 2.24. The molecular weight excluding hydrogens is 234 g/mol. The molecule has 0 saturated heterocycles. The van der Waals surface area contributed by atoms with Crippen molar-refractivity contribution >= 4 is 10.0 Å². The molecule has 0 aliphatic rings. The summed E-state index contributed by atoms with van der Waals surface area (Å²) in [6.07, 6.45) is 0. The van der Waals surface area contributed by atoms with Crippen LogP contribution in [0.3, 0.4) is 0 Å². The predicted octanol–water partition coefficient (Wildman–Crippen LogP) is 2.67. The van der Waals surface area contributed by atoms with Gasteiger partial charge in [-0.05, 0) is 37.0 Å². The van der Waals surface area contributed by atoms with Gasteiger partial charge in [0.25, 0.3) is 0 Å². The third kappa shape index (κ3) is 3.82. The fraction of sp³-hybridized carbons (Fsp3) is 0.538. The van der Waals surface area contributed by atoms with E-state index >= 15 is 0 Å². The fourth-order valence-corrected chi connectivity index (χ4v) is 2.80. The smallest absolute Gasteiger partial charge is 0.209 e. The Morgan fingerprint density at radius 2 is 1.76 bits per heavy atom. The second-order valence-corrected chi connectivity index (χ2v) is 7.27. The van der Waals surface area contributed by atoms with Gasteiger partial charge in [0.1, 0.15) is 0 Å². The lowest BCUT2D eigenvalue weighted by Gasteiger charge is -2.20. The second kappa shape index (κ2) is 4.78. The van der Waals surface area contributed by atoms with Crippen LogP contribution in [0.5, 0.6) is 0 Å². The van der Waals surface area contributed by atoms with Crippen LogP contribution in [-0.2, 0) is 15.4 Å². The monoisotopic (exact) mass is 255 g/mol. The Balaban J connectivity index is 3.17. The van der Waals surface area contributed by atoms with Crippen molar-refractivity contribution in [3.8, 4) is 0 Å². The van der Waals surface area contributed by atoms with Gasteiger partial charge in [-0.15, -0.1) is 0 Å². The molecule has 96 valence electrons. The van der Waals surface area contributed by atoms with Crippen LogP contribution in [0.4, 0.5) is 0 Å². The van der Waals surface area contributed by atoms with Crippen LogP contribution < -0.4 is 4.72 Å². The number of rotatable bonds is 3. The van der Waals surface area contributed by atoms with Gasteiger partial charge in [0.05, 0.1) is 4.90 Å². The lowest BCUT2D eigenvalue weighted by molar-refractivity contribution is 0.567. The van der Waals surface area contributed by atoms with Gasteiger partial charge in [-0.25, -0.2) is 13.1 Å². The van der Waals surface area contributed by atoms with Crippen LogP contribution in [-0.4, -0.2) is 14.5 Å². The van der Waals surface area contributed by atoms with Crippen LogP contribution >= 0.6 is 0 Å². The minimum absolute atomic E-state index is 0.0522. The summed E-state index contributed by atoms with van der Waals surface area (Å²) < 4.78 is 26.6. The predicted molar refractivity (Wildman–Crippen MR) is 70.6 cm³/mol. The SMILES string of the molecule is CC(C)NS(=O)(=O)c1cccc(C(C)(C)C)c1. The fourth-order valence-electron chi connectivity index (χ4n) is 1.51. The molecule has 17 heavy (non-hydrogen) atoms. The van der Waals surface area contributed by atoms with Gasteiger partial charge in [0.2, 0.25) is 10.0 Å². The summed E-state index contributed by atoms with van der Waals surface area (Å²) in [6.45, 7) is 9.81. The van der Waals surface area contributed by atoms with Crippen molar-refractivity contribution in [2.75, 3.05) is 0 Å². The van der Waals surface area contributed by atoms with E-state index < -0.39 is 10.0 Å². The summed E-state index contributed by atoms with van der Waals surface area (Å²) in [5, 5.41) is 0. The van der Waals surface area contributed by atoms with Gasteiger partial charge in [0.15, 0.2) is 0 Å². The summed E-state index contributed by atoms with van der Waals surface area (Å²) in [5.74, 6) is 0. The molecule has 1 N–H and O–H groups in total. The third-order valence-electron chi connectivity index (χ3n) is 2.40. The van der Waals surface area contributed by atoms with Gasteiger partial charge in [0, 0.05) is 6.04 Å². The first-order chi connectivity index (χ1) is 7.63. The van der Waals surface area contributed by atoms with E-state index in [9.17, 15) is 8.42 Å². The van der Waals surface area contributed by atoms with Gasteiger partial charge >= 0.3 is 0 Å². The zero-order valence-corrected chi connectivity index (χ0v) is 11.9. The first-order valence-electron chi connectivity index (χ1n) is 5.76. The van der Waals surface area contributed by atoms with E-state index in [0.29, 0.717) is 4.90 Å². The highest BCUT2D eigenvalue weighted by molar-refractivity contribution is 7.89. The van der Waals surface area contributed by atoms with Crippen molar-refractivity contribution in [2.24, 2.45) is 0 Å². The first-order valence-corrected chi connectivity index (χ1v) is 7.24. The summed E-state index contributed by atoms with van der Waals surface area (Å²) in [6, 6.07) is 7.01. The lowest BCUT2D eigenvalue weighted by atomic mass is 9.87. The molecule has 0 aliphatic heterocycles. The van der Waals surface area contributed by atoms with E-state index in [4.69, 9.17) is 0 Å². The van der Waals surface area contributed by atoms with Crippen LogP contribution in [0.25, 0.3) is 0 Å². The molecule has 0 unspecified atom stereocenters. The molecular formula is C13H21NO2S. The zero-order chi connectivity index (χ0) is 13.3. The van der Waals surface area contributed by atoms with Crippen molar-refractivity contribution < 1.29 is 8.42 Å². The summed E-state index contributed by atoms with van der Waals surface area (Å²) in [5.41, 5.74) is 0.965. The van der Waals surface area contributed by atoms with Gasteiger partial charge in [-0.2, -0.15) is 0 Å². The van der Waals surface area contributed by atoms with Crippen LogP contribution in [0, 0.1) is 0 Å². The van der Waals surface area contributed by atoms with E-state index in [1.165, 1.54) is 0 Å². The van der Waals surface area contributed by atoms with Crippen LogP contribution in [0.1, 0.15) is 40.2 Å². The maximum Gasteiger partial charge on any atom is 0.240 e. The standard InChI is InChI=1S/C13H21NO2S/c1-10(2)14-17(15,16)12-8-6-7-11(9-12)13(3,4)5/h6-10,14H,1-5H3. The Morgan fingerprint density at radius 1 is 1.18 bits per heavy atom. The molecule has 0 amide bonds. The molecule has 3 nitrogen and oxygen atoms in total. The Bertz CT molecular complexity index is 484. The van der Waals surface area contributed by atoms with Crippen LogP contribution in [0.15, 0.2) is 29.2 Å². The molecule has 4 heteroatoms. The van der Waals surface area contributed by atoms with Crippen molar-refractivity contribution in [1.29, 1.82) is 0 Å². The van der Waals surface area contributed by atoms with E-state index in [1.807, 2.05) is 19.9 Å². The average Bonchev–Trinajstić information content (AvgIpc) is 2.14. The third-order valence-corrected chi connectivity index (χ3v) is 4.06. The molecule has 0 bridgehead atoms. The molecule has 1 rings (SSSR count). The number of hydrogen-bond acceptors (Lipinski definition) is 2. The van der Waals surface area contributed by atoms with Crippen LogP contribution in [0.2, 0.25) is 0 Å². The van der Waals surface area contributed by atoms with Gasteiger partial charge < -0.3 is 0 Å². The largest absolute Gasteiger partial charge is 0.240 e. The molecule has 0 radical (unpaired) electrons. The molecule has 0 fully saturated rings. The second-order valence-electron chi connectivity index (χ2n) is 5.55. The van der Waals surface area contributed by atoms with Crippen molar-refractivity contribution in [3.05, 3.63) is 29.8 Å². The molecule has 0 atom stereocenters. The minimum Gasteiger partial charge on any atom is -0.209 e.